The first-order valence-corrected chi connectivity index (χ1v) is 9.40. The molecule has 2 aromatic heterocycles. The van der Waals surface area contributed by atoms with Gasteiger partial charge in [-0.2, -0.15) is 8.78 Å². The van der Waals surface area contributed by atoms with Crippen LogP contribution in [0.25, 0.3) is 0 Å². The van der Waals surface area contributed by atoms with Gasteiger partial charge in [-0.05, 0) is 43.2 Å². The van der Waals surface area contributed by atoms with E-state index in [0.29, 0.717) is 11.3 Å². The molecule has 0 aliphatic rings. The smallest absolute Gasteiger partial charge is 0.302 e. The maximum Gasteiger partial charge on any atom is 0.302 e. The molecule has 0 unspecified atom stereocenters. The van der Waals surface area contributed by atoms with E-state index in [9.17, 15) is 22.8 Å². The first-order valence-electron chi connectivity index (χ1n) is 9.40. The molecule has 0 fully saturated rings. The summed E-state index contributed by atoms with van der Waals surface area (Å²) in [6.45, 7) is 6.40. The zero-order valence-corrected chi connectivity index (χ0v) is 17.4. The minimum atomic E-state index is -3.31. The molecule has 0 spiro atoms. The van der Waals surface area contributed by atoms with Crippen LogP contribution in [0.3, 0.4) is 0 Å². The molecule has 2 N–H and O–H groups in total. The molecule has 2 heterocycles. The van der Waals surface area contributed by atoms with Crippen LogP contribution in [0.4, 0.5) is 19.0 Å². The van der Waals surface area contributed by atoms with Gasteiger partial charge in [-0.1, -0.05) is 13.5 Å². The number of alkyl halides is 2. The lowest BCUT2D eigenvalue weighted by molar-refractivity contribution is -0.115. The molecule has 7 nitrogen and oxygen atoms in total. The number of rotatable bonds is 9. The number of anilines is 1. The third-order valence-corrected chi connectivity index (χ3v) is 4.30. The minimum Gasteiger partial charge on any atom is -0.469 e. The maximum absolute atomic E-state index is 14.2. The SMILES string of the molecule is C=C(C)C(F)(F)COc1nc(C)c(CNC(=O)c2ccnc(NC(=O)CC)c2)cc1F. The average Bonchev–Trinajstić information content (AvgIpc) is 2.72. The molecule has 10 heteroatoms. The molecule has 0 bridgehead atoms. The fraction of sp³-hybridized carbons (Fsp3) is 0.333. The molecule has 0 aliphatic carbocycles. The quantitative estimate of drug-likeness (QED) is 0.584. The van der Waals surface area contributed by atoms with Crippen molar-refractivity contribution < 1.29 is 27.5 Å². The van der Waals surface area contributed by atoms with Gasteiger partial charge in [-0.3, -0.25) is 9.59 Å². The van der Waals surface area contributed by atoms with Crippen molar-refractivity contribution in [1.29, 1.82) is 0 Å². The van der Waals surface area contributed by atoms with Crippen molar-refractivity contribution in [2.75, 3.05) is 11.9 Å². The van der Waals surface area contributed by atoms with Gasteiger partial charge in [-0.15, -0.1) is 0 Å². The summed E-state index contributed by atoms with van der Waals surface area (Å²) in [6, 6.07) is 3.94. The Balaban J connectivity index is 2.04. The van der Waals surface area contributed by atoms with Crippen molar-refractivity contribution in [3.63, 3.8) is 0 Å². The van der Waals surface area contributed by atoms with Crippen LogP contribution in [0.15, 0.2) is 36.5 Å². The highest BCUT2D eigenvalue weighted by Gasteiger charge is 2.31. The van der Waals surface area contributed by atoms with Crippen molar-refractivity contribution in [1.82, 2.24) is 15.3 Å². The van der Waals surface area contributed by atoms with E-state index in [4.69, 9.17) is 4.74 Å². The monoisotopic (exact) mass is 436 g/mol. The van der Waals surface area contributed by atoms with Crippen LogP contribution in [0.1, 0.15) is 41.9 Å². The largest absolute Gasteiger partial charge is 0.469 e. The topological polar surface area (TPSA) is 93.2 Å². The standard InChI is InChI=1S/C21H23F3N4O3/c1-5-18(29)28-17-9-14(6-7-25-17)19(30)26-10-15-8-16(22)20(27-13(15)4)31-11-21(23,24)12(2)3/h6-9H,2,5,10-11H2,1,3-4H3,(H,26,30)(H,25,28,29). The Morgan fingerprint density at radius 2 is 2.00 bits per heavy atom. The number of nitrogens with one attached hydrogen (secondary N) is 2. The summed E-state index contributed by atoms with van der Waals surface area (Å²) in [7, 11) is 0. The van der Waals surface area contributed by atoms with Crippen molar-refractivity contribution in [2.24, 2.45) is 0 Å². The highest BCUT2D eigenvalue weighted by atomic mass is 19.3. The Kier molecular flexibility index (Phi) is 7.73. The fourth-order valence-corrected chi connectivity index (χ4v) is 2.31. The predicted octanol–water partition coefficient (Wildman–Crippen LogP) is 3.79. The van der Waals surface area contributed by atoms with Crippen LogP contribution in [0.2, 0.25) is 0 Å². The molecular formula is C21H23F3N4O3. The zero-order chi connectivity index (χ0) is 23.2. The molecule has 0 atom stereocenters. The first kappa shape index (κ1) is 23.8. The summed E-state index contributed by atoms with van der Waals surface area (Å²) in [5.74, 6) is -5.29. The number of carbonyl (C=O) groups excluding carboxylic acids is 2. The summed E-state index contributed by atoms with van der Waals surface area (Å²) >= 11 is 0. The van der Waals surface area contributed by atoms with E-state index in [1.807, 2.05) is 0 Å². The molecule has 0 saturated carbocycles. The van der Waals surface area contributed by atoms with Crippen LogP contribution in [0.5, 0.6) is 5.88 Å². The second kappa shape index (κ2) is 10.1. The lowest BCUT2D eigenvalue weighted by atomic mass is 10.2. The Hall–Kier alpha value is -3.43. The molecule has 166 valence electrons. The van der Waals surface area contributed by atoms with Crippen LogP contribution in [-0.2, 0) is 11.3 Å². The third-order valence-electron chi connectivity index (χ3n) is 4.30. The number of aryl methyl sites for hydroxylation is 1. The number of hydrogen-bond acceptors (Lipinski definition) is 5. The van der Waals surface area contributed by atoms with Gasteiger partial charge >= 0.3 is 5.92 Å². The molecule has 2 rings (SSSR count). The van der Waals surface area contributed by atoms with E-state index < -0.39 is 35.7 Å². The van der Waals surface area contributed by atoms with E-state index in [0.717, 1.165) is 13.0 Å². The van der Waals surface area contributed by atoms with Crippen molar-refractivity contribution in [3.05, 3.63) is 59.2 Å². The molecule has 0 aliphatic heterocycles. The third kappa shape index (κ3) is 6.53. The summed E-state index contributed by atoms with van der Waals surface area (Å²) in [5, 5.41) is 5.16. The number of aromatic nitrogens is 2. The van der Waals surface area contributed by atoms with E-state index >= 15 is 0 Å². The molecule has 0 aromatic carbocycles. The van der Waals surface area contributed by atoms with Gasteiger partial charge in [0, 0.05) is 30.4 Å². The maximum atomic E-state index is 14.2. The molecule has 31 heavy (non-hydrogen) atoms. The second-order valence-electron chi connectivity index (χ2n) is 6.81. The molecule has 0 saturated heterocycles. The average molecular weight is 436 g/mol. The van der Waals surface area contributed by atoms with Crippen LogP contribution in [0, 0.1) is 12.7 Å². The molecule has 2 aromatic rings. The van der Waals surface area contributed by atoms with Gasteiger partial charge in [0.25, 0.3) is 11.8 Å². The highest BCUT2D eigenvalue weighted by molar-refractivity contribution is 5.96. The summed E-state index contributed by atoms with van der Waals surface area (Å²) in [4.78, 5) is 31.7. The van der Waals surface area contributed by atoms with Crippen LogP contribution >= 0.6 is 0 Å². The molecular weight excluding hydrogens is 413 g/mol. The fourth-order valence-electron chi connectivity index (χ4n) is 2.31. The Morgan fingerprint density at radius 3 is 2.65 bits per heavy atom. The minimum absolute atomic E-state index is 0.0598. The van der Waals surface area contributed by atoms with E-state index in [-0.39, 0.29) is 30.3 Å². The van der Waals surface area contributed by atoms with Crippen LogP contribution < -0.4 is 15.4 Å². The van der Waals surface area contributed by atoms with Gasteiger partial charge in [0.1, 0.15) is 5.82 Å². The van der Waals surface area contributed by atoms with Gasteiger partial charge in [0.15, 0.2) is 12.4 Å². The summed E-state index contributed by atoms with van der Waals surface area (Å²) in [6.07, 6.45) is 1.64. The van der Waals surface area contributed by atoms with Crippen LogP contribution in [-0.4, -0.2) is 34.3 Å². The second-order valence-corrected chi connectivity index (χ2v) is 6.81. The Morgan fingerprint density at radius 1 is 1.29 bits per heavy atom. The number of pyridine rings is 2. The number of halogens is 3. The van der Waals surface area contributed by atoms with Gasteiger partial charge in [-0.25, -0.2) is 14.4 Å². The van der Waals surface area contributed by atoms with Gasteiger partial charge < -0.3 is 15.4 Å². The molecule has 0 radical (unpaired) electrons. The summed E-state index contributed by atoms with van der Waals surface area (Å²) < 4.78 is 46.2. The van der Waals surface area contributed by atoms with Crippen molar-refractivity contribution in [2.45, 2.75) is 39.7 Å². The van der Waals surface area contributed by atoms with E-state index in [2.05, 4.69) is 27.2 Å². The number of nitrogens with zero attached hydrogens (tertiary/aromatic N) is 2. The first-order chi connectivity index (χ1) is 14.5. The lowest BCUT2D eigenvalue weighted by Crippen LogP contribution is -2.27. The van der Waals surface area contributed by atoms with Gasteiger partial charge in [0.2, 0.25) is 5.91 Å². The lowest BCUT2D eigenvalue weighted by Gasteiger charge is -2.17. The van der Waals surface area contributed by atoms with E-state index in [1.54, 1.807) is 6.92 Å². The number of ether oxygens (including phenoxy) is 1. The normalized spacial score (nSPS) is 11.0. The Labute approximate surface area is 177 Å². The summed E-state index contributed by atoms with van der Waals surface area (Å²) in [5.41, 5.74) is 0.492. The zero-order valence-electron chi connectivity index (χ0n) is 17.4. The predicted molar refractivity (Wildman–Crippen MR) is 109 cm³/mol. The highest BCUT2D eigenvalue weighted by Crippen LogP contribution is 2.25. The number of amides is 2. The van der Waals surface area contributed by atoms with Crippen molar-refractivity contribution in [3.8, 4) is 5.88 Å². The Bertz CT molecular complexity index is 996. The number of carbonyl (C=O) groups is 2. The number of hydrogen-bond donors (Lipinski definition) is 2. The molecule has 2 amide bonds. The van der Waals surface area contributed by atoms with E-state index in [1.165, 1.54) is 25.3 Å². The van der Waals surface area contributed by atoms with Gasteiger partial charge in [0.05, 0.1) is 0 Å². The van der Waals surface area contributed by atoms with Crippen molar-refractivity contribution >= 4 is 17.6 Å².